The molecule has 7 rings (SSSR count). The number of benzene rings is 7. The molecule has 168 valence electrons. The molecule has 0 heterocycles. The van der Waals surface area contributed by atoms with E-state index in [1.54, 1.807) is 0 Å². The average molecular weight is 480 g/mol. The maximum Gasteiger partial charge on any atom is 0.0636 e. The fourth-order valence-corrected chi connectivity index (χ4v) is 4.04. The van der Waals surface area contributed by atoms with E-state index in [-0.39, 0.29) is 5.39 Å². The van der Waals surface area contributed by atoms with E-state index in [9.17, 15) is 5.48 Å². The first-order chi connectivity index (χ1) is 27.4. The second-order valence-corrected chi connectivity index (χ2v) is 7.58. The minimum absolute atomic E-state index is 0.388. The molecular formula is C36H24. The predicted molar refractivity (Wildman–Crippen MR) is 155 cm³/mol. The molecule has 0 unspecified atom stereocenters. The Bertz CT molecular complexity index is 3070. The summed E-state index contributed by atoms with van der Waals surface area (Å²) in [5, 5.41) is -3.02. The number of hydrogen-bond acceptors (Lipinski definition) is 0. The summed E-state index contributed by atoms with van der Waals surface area (Å²) in [5.74, 6) is 0. The molecule has 0 aliphatic rings. The highest BCUT2D eigenvalue weighted by molar-refractivity contribution is 6.21. The summed E-state index contributed by atoms with van der Waals surface area (Å²) in [6.07, 6.45) is 0. The largest absolute Gasteiger partial charge is 0.0636 e. The van der Waals surface area contributed by atoms with Crippen LogP contribution < -0.4 is 0 Å². The van der Waals surface area contributed by atoms with Gasteiger partial charge in [0.15, 0.2) is 0 Å². The zero-order valence-corrected chi connectivity index (χ0v) is 18.1. The first kappa shape index (κ1) is 7.91. The Labute approximate surface area is 243 Å². The minimum Gasteiger partial charge on any atom is -0.0622 e. The Morgan fingerprint density at radius 1 is 0.333 bits per heavy atom. The van der Waals surface area contributed by atoms with Crippen LogP contribution in [0.3, 0.4) is 0 Å². The molecule has 7 aromatic rings. The molecule has 0 aromatic heterocycles. The molecule has 0 bridgehead atoms. The topological polar surface area (TPSA) is 0 Å². The van der Waals surface area contributed by atoms with Gasteiger partial charge in [-0.25, -0.2) is 0 Å². The van der Waals surface area contributed by atoms with Crippen molar-refractivity contribution in [2.45, 2.75) is 0 Å². The van der Waals surface area contributed by atoms with Gasteiger partial charge in [-0.15, -0.1) is 0 Å². The van der Waals surface area contributed by atoms with Crippen LogP contribution in [0.1, 0.15) is 31.5 Å². The summed E-state index contributed by atoms with van der Waals surface area (Å²) in [7, 11) is 0. The van der Waals surface area contributed by atoms with Gasteiger partial charge in [-0.05, 0) is 71.7 Å². The van der Waals surface area contributed by atoms with Gasteiger partial charge in [0.25, 0.3) is 0 Å². The summed E-state index contributed by atoms with van der Waals surface area (Å²) in [5.41, 5.74) is -3.79. The van der Waals surface area contributed by atoms with E-state index in [2.05, 4.69) is 0 Å². The Morgan fingerprint density at radius 2 is 0.833 bits per heavy atom. The molecule has 7 aromatic carbocycles. The first-order valence-corrected chi connectivity index (χ1v) is 10.6. The Balaban J connectivity index is 1.76. The fraction of sp³-hybridized carbons (Fsp3) is 0. The van der Waals surface area contributed by atoms with Gasteiger partial charge < -0.3 is 0 Å². The van der Waals surface area contributed by atoms with Crippen LogP contribution in [-0.2, 0) is 0 Å². The molecule has 0 spiro atoms. The second-order valence-electron chi connectivity index (χ2n) is 7.58. The summed E-state index contributed by atoms with van der Waals surface area (Å²) in [6, 6.07) is -18.2. The lowest BCUT2D eigenvalue weighted by molar-refractivity contribution is 1.62. The van der Waals surface area contributed by atoms with E-state index in [4.69, 9.17) is 26.0 Å². The van der Waals surface area contributed by atoms with E-state index >= 15 is 0 Å². The normalized spacial score (nSPS) is 20.3. The highest BCUT2D eigenvalue weighted by atomic mass is 14.2. The molecule has 0 aliphatic heterocycles. The third-order valence-corrected chi connectivity index (χ3v) is 5.58. The Morgan fingerprint density at radius 3 is 1.58 bits per heavy atom. The molecule has 0 atom stereocenters. The quantitative estimate of drug-likeness (QED) is 0.221. The lowest BCUT2D eigenvalue weighted by Gasteiger charge is -2.18. The SMILES string of the molecule is [2H]c1cc2c(-c3c([2H])c([2H])c(-c4c([2H])c([2H])c5c([2H])c([2H])c([2H])c([2H])c5c4[2H])c([2H])c3[2H])c3c([2H])c([2H])c([2H])c([2H])c3c(-c3c([2H])c([2H])c([2H])c([2H])c3[2H])c2c([2H])c1[2H]. The van der Waals surface area contributed by atoms with Crippen molar-refractivity contribution >= 4 is 32.3 Å². The molecule has 0 fully saturated rings. The molecule has 0 radical (unpaired) electrons. The van der Waals surface area contributed by atoms with Crippen LogP contribution in [0, 0.1) is 0 Å². The summed E-state index contributed by atoms with van der Waals surface area (Å²) >= 11 is 0. The smallest absolute Gasteiger partial charge is 0.0622 e. The van der Waals surface area contributed by atoms with Crippen LogP contribution in [0.5, 0.6) is 0 Å². The van der Waals surface area contributed by atoms with E-state index in [1.807, 2.05) is 0 Å². The lowest BCUT2D eigenvalue weighted by atomic mass is 9.86. The number of fused-ring (bicyclic) bond motifs is 3. The van der Waals surface area contributed by atoms with Crippen molar-refractivity contribution in [1.29, 1.82) is 0 Å². The highest BCUT2D eigenvalue weighted by Gasteiger charge is 2.16. The first-order valence-electron chi connectivity index (χ1n) is 22.1. The summed E-state index contributed by atoms with van der Waals surface area (Å²) in [6.45, 7) is 0. The third-order valence-electron chi connectivity index (χ3n) is 5.58. The van der Waals surface area contributed by atoms with Crippen LogP contribution in [0.4, 0.5) is 0 Å². The minimum atomic E-state index is -0.964. The standard InChI is InChI=1S/C36H24/c1-2-11-27(12-3-1)35-31-14-6-8-16-33(31)36(34-17-9-7-15-32(34)35)28-21-18-26(19-22-28)30-23-20-25-10-4-5-13-29(25)24-30/h1-24H/i1D,2D,3D,4D,5D,6D,7D,8D,9D,10D,11D,12D,13D,14D,15D,16D,18D,19D,20D,21D,22D,23D,24D. The molecule has 0 heteroatoms. The van der Waals surface area contributed by atoms with Crippen molar-refractivity contribution in [2.75, 3.05) is 0 Å². The predicted octanol–water partition coefficient (Wildman–Crippen LogP) is 10.1. The van der Waals surface area contributed by atoms with Gasteiger partial charge in [0.1, 0.15) is 0 Å². The van der Waals surface area contributed by atoms with E-state index in [0.717, 1.165) is 6.07 Å². The van der Waals surface area contributed by atoms with Gasteiger partial charge in [0.2, 0.25) is 0 Å². The molecule has 0 saturated heterocycles. The lowest BCUT2D eigenvalue weighted by Crippen LogP contribution is -1.90. The Hall–Kier alpha value is -4.68. The highest BCUT2D eigenvalue weighted by Crippen LogP contribution is 2.43. The van der Waals surface area contributed by atoms with Gasteiger partial charge in [-0.1, -0.05) is 139 Å². The van der Waals surface area contributed by atoms with Crippen molar-refractivity contribution in [2.24, 2.45) is 0 Å². The van der Waals surface area contributed by atoms with Crippen LogP contribution in [-0.4, -0.2) is 0 Å². The summed E-state index contributed by atoms with van der Waals surface area (Å²) in [4.78, 5) is 0. The maximum absolute atomic E-state index is 9.31. The van der Waals surface area contributed by atoms with Crippen LogP contribution >= 0.6 is 0 Å². The maximum atomic E-state index is 9.31. The number of hydrogen-bond donors (Lipinski definition) is 0. The van der Waals surface area contributed by atoms with Crippen molar-refractivity contribution in [3.63, 3.8) is 0 Å². The summed E-state index contributed by atoms with van der Waals surface area (Å²) < 4.78 is 200. The van der Waals surface area contributed by atoms with Crippen molar-refractivity contribution in [3.05, 3.63) is 145 Å². The molecule has 0 aliphatic carbocycles. The van der Waals surface area contributed by atoms with Gasteiger partial charge in [0.05, 0.1) is 31.5 Å². The molecular weight excluding hydrogens is 432 g/mol. The third kappa shape index (κ3) is 3.39. The Kier molecular flexibility index (Phi) is 1.87. The van der Waals surface area contributed by atoms with Gasteiger partial charge >= 0.3 is 0 Å². The van der Waals surface area contributed by atoms with Crippen molar-refractivity contribution < 1.29 is 31.5 Å². The van der Waals surface area contributed by atoms with Crippen molar-refractivity contribution in [3.8, 4) is 33.4 Å². The zero-order valence-electron chi connectivity index (χ0n) is 41.1. The van der Waals surface area contributed by atoms with Gasteiger partial charge in [0, 0.05) is 0 Å². The van der Waals surface area contributed by atoms with Crippen LogP contribution in [0.15, 0.2) is 145 Å². The monoisotopic (exact) mass is 479 g/mol. The van der Waals surface area contributed by atoms with E-state index in [0.29, 0.717) is 0 Å². The number of rotatable bonds is 3. The molecule has 0 saturated carbocycles. The van der Waals surface area contributed by atoms with Gasteiger partial charge in [-0.3, -0.25) is 0 Å². The second kappa shape index (κ2) is 8.52. The van der Waals surface area contributed by atoms with Crippen LogP contribution in [0.25, 0.3) is 65.7 Å². The van der Waals surface area contributed by atoms with E-state index < -0.39 is 199 Å². The molecule has 0 N–H and O–H groups in total. The average Bonchev–Trinajstić information content (AvgIpc) is 3.20. The molecule has 36 heavy (non-hydrogen) atoms. The van der Waals surface area contributed by atoms with Crippen molar-refractivity contribution in [1.82, 2.24) is 0 Å². The fourth-order valence-electron chi connectivity index (χ4n) is 4.04. The van der Waals surface area contributed by atoms with Gasteiger partial charge in [-0.2, -0.15) is 0 Å². The molecule has 0 amide bonds. The zero-order chi connectivity index (χ0) is 43.9. The van der Waals surface area contributed by atoms with Crippen LogP contribution in [0.2, 0.25) is 0 Å². The molecule has 0 nitrogen and oxygen atoms in total. The van der Waals surface area contributed by atoms with E-state index in [1.165, 1.54) is 0 Å².